The number of benzene rings is 1. The number of halogens is 1. The molecule has 0 spiro atoms. The molecule has 0 aliphatic heterocycles. The quantitative estimate of drug-likeness (QED) is 0.691. The van der Waals surface area contributed by atoms with Crippen LogP contribution in [0.5, 0.6) is 0 Å². The highest BCUT2D eigenvalue weighted by atomic mass is 32.2. The van der Waals surface area contributed by atoms with Crippen LogP contribution in [0.2, 0.25) is 0 Å². The van der Waals surface area contributed by atoms with Gasteiger partial charge in [-0.15, -0.1) is 10.2 Å². The standard InChI is InChI=1S/C14H14FN3OS2/c1-18(2)13-16-17-14(21-13)20-9-10-5-6-12(15)11(8-10)4-3-7-19/h5-6,8,19H,7,9H2,1-2H3. The third-order valence-electron chi connectivity index (χ3n) is 2.47. The Morgan fingerprint density at radius 2 is 2.19 bits per heavy atom. The van der Waals surface area contributed by atoms with E-state index in [-0.39, 0.29) is 12.4 Å². The Morgan fingerprint density at radius 1 is 1.38 bits per heavy atom. The summed E-state index contributed by atoms with van der Waals surface area (Å²) >= 11 is 3.06. The molecule has 0 saturated carbocycles. The van der Waals surface area contributed by atoms with Crippen molar-refractivity contribution in [2.45, 2.75) is 10.1 Å². The molecular weight excluding hydrogens is 309 g/mol. The summed E-state index contributed by atoms with van der Waals surface area (Å²) in [5.41, 5.74) is 1.25. The maximum atomic E-state index is 13.5. The van der Waals surface area contributed by atoms with E-state index in [4.69, 9.17) is 5.11 Å². The van der Waals surface area contributed by atoms with Gasteiger partial charge in [0.15, 0.2) is 4.34 Å². The van der Waals surface area contributed by atoms with E-state index in [2.05, 4.69) is 22.0 Å². The number of hydrogen-bond acceptors (Lipinski definition) is 6. The molecule has 21 heavy (non-hydrogen) atoms. The van der Waals surface area contributed by atoms with Crippen molar-refractivity contribution in [1.29, 1.82) is 0 Å². The summed E-state index contributed by atoms with van der Waals surface area (Å²) in [6.45, 7) is -0.281. The molecule has 0 amide bonds. The molecule has 1 aromatic carbocycles. The average Bonchev–Trinajstić information content (AvgIpc) is 2.94. The summed E-state index contributed by atoms with van der Waals surface area (Å²) in [6, 6.07) is 4.81. The second kappa shape index (κ2) is 7.41. The maximum Gasteiger partial charge on any atom is 0.208 e. The lowest BCUT2D eigenvalue weighted by atomic mass is 10.1. The molecule has 110 valence electrons. The molecule has 0 radical (unpaired) electrons. The van der Waals surface area contributed by atoms with Crippen molar-refractivity contribution in [1.82, 2.24) is 10.2 Å². The largest absolute Gasteiger partial charge is 0.384 e. The van der Waals surface area contributed by atoms with Gasteiger partial charge in [0.05, 0.1) is 5.56 Å². The van der Waals surface area contributed by atoms with Gasteiger partial charge in [-0.3, -0.25) is 0 Å². The first-order chi connectivity index (χ1) is 10.1. The number of anilines is 1. The fraction of sp³-hybridized carbons (Fsp3) is 0.286. The molecular formula is C14H14FN3OS2. The first kappa shape index (κ1) is 15.8. The molecule has 1 heterocycles. The van der Waals surface area contributed by atoms with Crippen molar-refractivity contribution in [2.24, 2.45) is 0 Å². The van der Waals surface area contributed by atoms with Gasteiger partial charge >= 0.3 is 0 Å². The molecule has 4 nitrogen and oxygen atoms in total. The lowest BCUT2D eigenvalue weighted by Gasteiger charge is -2.04. The summed E-state index contributed by atoms with van der Waals surface area (Å²) in [7, 11) is 3.84. The van der Waals surface area contributed by atoms with Crippen LogP contribution in [0.25, 0.3) is 0 Å². The van der Waals surface area contributed by atoms with Crippen LogP contribution in [0.15, 0.2) is 22.5 Å². The second-order valence-electron chi connectivity index (χ2n) is 4.31. The number of aliphatic hydroxyl groups is 1. The SMILES string of the molecule is CN(C)c1nnc(SCc2ccc(F)c(C#CCO)c2)s1. The summed E-state index contributed by atoms with van der Waals surface area (Å²) in [4.78, 5) is 1.90. The molecule has 0 bridgehead atoms. The third-order valence-corrected chi connectivity index (χ3v) is 4.77. The predicted octanol–water partition coefficient (Wildman–Crippen LogP) is 2.38. The minimum Gasteiger partial charge on any atom is -0.384 e. The van der Waals surface area contributed by atoms with Crippen LogP contribution in [0.4, 0.5) is 9.52 Å². The molecule has 2 aromatic rings. The van der Waals surface area contributed by atoms with E-state index < -0.39 is 0 Å². The van der Waals surface area contributed by atoms with Crippen LogP contribution in [0, 0.1) is 17.7 Å². The zero-order valence-electron chi connectivity index (χ0n) is 11.6. The number of thioether (sulfide) groups is 1. The fourth-order valence-electron chi connectivity index (χ4n) is 1.48. The van der Waals surface area contributed by atoms with E-state index in [1.54, 1.807) is 23.9 Å². The molecule has 0 saturated heterocycles. The molecule has 7 heteroatoms. The first-order valence-electron chi connectivity index (χ1n) is 6.12. The summed E-state index contributed by atoms with van der Waals surface area (Å²) in [5, 5.41) is 17.7. The van der Waals surface area contributed by atoms with Crippen LogP contribution < -0.4 is 4.90 Å². The van der Waals surface area contributed by atoms with Gasteiger partial charge in [-0.1, -0.05) is 41.0 Å². The number of aliphatic hydroxyl groups excluding tert-OH is 1. The highest BCUT2D eigenvalue weighted by Gasteiger charge is 2.07. The van der Waals surface area contributed by atoms with Crippen LogP contribution in [0.1, 0.15) is 11.1 Å². The van der Waals surface area contributed by atoms with Crippen LogP contribution in [0.3, 0.4) is 0 Å². The van der Waals surface area contributed by atoms with Gasteiger partial charge in [-0.25, -0.2) is 4.39 Å². The van der Waals surface area contributed by atoms with E-state index >= 15 is 0 Å². The van der Waals surface area contributed by atoms with Crippen molar-refractivity contribution in [3.8, 4) is 11.8 Å². The highest BCUT2D eigenvalue weighted by molar-refractivity contribution is 8.00. The van der Waals surface area contributed by atoms with E-state index in [1.165, 1.54) is 17.4 Å². The average molecular weight is 323 g/mol. The Bertz CT molecular complexity index is 676. The lowest BCUT2D eigenvalue weighted by molar-refractivity contribution is 0.350. The summed E-state index contributed by atoms with van der Waals surface area (Å²) in [5.74, 6) is 5.34. The van der Waals surface area contributed by atoms with Crippen LogP contribution >= 0.6 is 23.1 Å². The van der Waals surface area contributed by atoms with Gasteiger partial charge in [-0.2, -0.15) is 0 Å². The number of hydrogen-bond donors (Lipinski definition) is 1. The van der Waals surface area contributed by atoms with Crippen molar-refractivity contribution in [2.75, 3.05) is 25.6 Å². The monoisotopic (exact) mass is 323 g/mol. The molecule has 0 unspecified atom stereocenters. The summed E-state index contributed by atoms with van der Waals surface area (Å²) in [6.07, 6.45) is 0. The Labute approximate surface area is 131 Å². The van der Waals surface area contributed by atoms with Crippen molar-refractivity contribution >= 4 is 28.2 Å². The fourth-order valence-corrected chi connectivity index (χ4v) is 3.19. The molecule has 0 aliphatic carbocycles. The molecule has 2 rings (SSSR count). The zero-order chi connectivity index (χ0) is 15.2. The van der Waals surface area contributed by atoms with E-state index in [0.29, 0.717) is 11.3 Å². The highest BCUT2D eigenvalue weighted by Crippen LogP contribution is 2.29. The molecule has 0 atom stereocenters. The van der Waals surface area contributed by atoms with Gasteiger partial charge in [0.25, 0.3) is 0 Å². The number of aromatic nitrogens is 2. The smallest absolute Gasteiger partial charge is 0.208 e. The second-order valence-corrected chi connectivity index (χ2v) is 6.49. The minimum absolute atomic E-state index is 0.281. The summed E-state index contributed by atoms with van der Waals surface area (Å²) < 4.78 is 14.4. The lowest BCUT2D eigenvalue weighted by Crippen LogP contribution is -2.07. The van der Waals surface area contributed by atoms with E-state index in [9.17, 15) is 4.39 Å². The van der Waals surface area contributed by atoms with Crippen molar-refractivity contribution in [3.63, 3.8) is 0 Å². The molecule has 0 fully saturated rings. The van der Waals surface area contributed by atoms with Gasteiger partial charge in [0, 0.05) is 19.8 Å². The van der Waals surface area contributed by atoms with E-state index in [1.807, 2.05) is 19.0 Å². The Kier molecular flexibility index (Phi) is 5.56. The minimum atomic E-state index is -0.379. The maximum absolute atomic E-state index is 13.5. The van der Waals surface area contributed by atoms with Crippen LogP contribution in [-0.4, -0.2) is 36.0 Å². The Balaban J connectivity index is 2.05. The van der Waals surface area contributed by atoms with E-state index in [0.717, 1.165) is 15.0 Å². The van der Waals surface area contributed by atoms with Gasteiger partial charge in [-0.05, 0) is 17.7 Å². The normalized spacial score (nSPS) is 10.1. The first-order valence-corrected chi connectivity index (χ1v) is 7.92. The molecule has 1 aromatic heterocycles. The Hall–Kier alpha value is -1.62. The van der Waals surface area contributed by atoms with Gasteiger partial charge in [0.1, 0.15) is 12.4 Å². The molecule has 0 aliphatic rings. The topological polar surface area (TPSA) is 49.2 Å². The van der Waals surface area contributed by atoms with Gasteiger partial charge in [0.2, 0.25) is 5.13 Å². The number of rotatable bonds is 4. The predicted molar refractivity (Wildman–Crippen MR) is 84.2 cm³/mol. The van der Waals surface area contributed by atoms with Crippen molar-refractivity contribution < 1.29 is 9.50 Å². The van der Waals surface area contributed by atoms with Crippen molar-refractivity contribution in [3.05, 3.63) is 35.1 Å². The Morgan fingerprint density at radius 3 is 2.86 bits per heavy atom. The number of nitrogens with zero attached hydrogens (tertiary/aromatic N) is 3. The molecule has 1 N–H and O–H groups in total. The zero-order valence-corrected chi connectivity index (χ0v) is 13.3. The van der Waals surface area contributed by atoms with Crippen LogP contribution in [-0.2, 0) is 5.75 Å². The third kappa shape index (κ3) is 4.43. The van der Waals surface area contributed by atoms with Gasteiger partial charge < -0.3 is 10.0 Å².